The Bertz CT molecular complexity index is 933. The number of rotatable bonds is 4. The first-order chi connectivity index (χ1) is 12.7. The monoisotopic (exact) mass is 375 g/mol. The number of aromatic hydroxyl groups is 1. The number of carbonyl (C=O) groups excluding carboxylic acids is 3. The zero-order valence-electron chi connectivity index (χ0n) is 14.1. The summed E-state index contributed by atoms with van der Waals surface area (Å²) in [6.07, 6.45) is 0. The highest BCUT2D eigenvalue weighted by molar-refractivity contribution is 6.10. The second kappa shape index (κ2) is 6.67. The minimum atomic E-state index is -1.45. The van der Waals surface area contributed by atoms with Crippen LogP contribution in [-0.2, 0) is 15.1 Å². The van der Waals surface area contributed by atoms with Crippen molar-refractivity contribution in [2.45, 2.75) is 12.5 Å². The van der Waals surface area contributed by atoms with Crippen LogP contribution in [0.4, 0.5) is 19.3 Å². The molecule has 0 radical (unpaired) electrons. The summed E-state index contributed by atoms with van der Waals surface area (Å²) in [6.45, 7) is 0.800. The molecule has 1 heterocycles. The molecule has 1 saturated heterocycles. The van der Waals surface area contributed by atoms with Crippen molar-refractivity contribution in [2.24, 2.45) is 0 Å². The number of nitrogens with one attached hydrogen (secondary N) is 2. The first-order valence-electron chi connectivity index (χ1n) is 7.89. The van der Waals surface area contributed by atoms with E-state index in [9.17, 15) is 28.3 Å². The largest absolute Gasteiger partial charge is 0.506 e. The second-order valence-electron chi connectivity index (χ2n) is 6.16. The van der Waals surface area contributed by atoms with Gasteiger partial charge in [-0.15, -0.1) is 0 Å². The lowest BCUT2D eigenvalue weighted by Gasteiger charge is -2.22. The van der Waals surface area contributed by atoms with Gasteiger partial charge in [-0.05, 0) is 36.8 Å². The molecule has 9 heteroatoms. The SMILES string of the molecule is CC1(c2ccc(F)cc2)NC(=O)N(CC(=O)Nc2cc(F)ccc2O)C1=O. The van der Waals surface area contributed by atoms with E-state index >= 15 is 0 Å². The van der Waals surface area contributed by atoms with Gasteiger partial charge in [-0.2, -0.15) is 0 Å². The van der Waals surface area contributed by atoms with Crippen LogP contribution in [0.3, 0.4) is 0 Å². The van der Waals surface area contributed by atoms with Crippen LogP contribution in [0, 0.1) is 11.6 Å². The molecule has 1 unspecified atom stereocenters. The molecule has 2 aromatic rings. The van der Waals surface area contributed by atoms with Crippen LogP contribution in [0.5, 0.6) is 5.75 Å². The van der Waals surface area contributed by atoms with E-state index in [0.29, 0.717) is 10.5 Å². The average molecular weight is 375 g/mol. The number of phenolic OH excluding ortho intramolecular Hbond substituents is 1. The smallest absolute Gasteiger partial charge is 0.325 e. The molecule has 0 aliphatic carbocycles. The Kier molecular flexibility index (Phi) is 4.52. The van der Waals surface area contributed by atoms with Gasteiger partial charge in [-0.25, -0.2) is 13.6 Å². The summed E-state index contributed by atoms with van der Waals surface area (Å²) in [4.78, 5) is 37.7. The number of urea groups is 1. The van der Waals surface area contributed by atoms with Gasteiger partial charge in [-0.1, -0.05) is 12.1 Å². The zero-order valence-corrected chi connectivity index (χ0v) is 14.1. The summed E-state index contributed by atoms with van der Waals surface area (Å²) >= 11 is 0. The highest BCUT2D eigenvalue weighted by atomic mass is 19.1. The Labute approximate surface area is 152 Å². The fourth-order valence-electron chi connectivity index (χ4n) is 2.76. The number of amides is 4. The lowest BCUT2D eigenvalue weighted by Crippen LogP contribution is -2.42. The molecule has 0 bridgehead atoms. The summed E-state index contributed by atoms with van der Waals surface area (Å²) in [7, 11) is 0. The molecule has 7 nitrogen and oxygen atoms in total. The maximum absolute atomic E-state index is 13.2. The minimum Gasteiger partial charge on any atom is -0.506 e. The number of anilines is 1. The molecular formula is C18H15F2N3O4. The van der Waals surface area contributed by atoms with Crippen LogP contribution in [0.1, 0.15) is 12.5 Å². The third-order valence-electron chi connectivity index (χ3n) is 4.23. The molecule has 3 N–H and O–H groups in total. The van der Waals surface area contributed by atoms with Gasteiger partial charge in [0.05, 0.1) is 5.69 Å². The highest BCUT2D eigenvalue weighted by Crippen LogP contribution is 2.29. The maximum atomic E-state index is 13.2. The quantitative estimate of drug-likeness (QED) is 0.563. The van der Waals surface area contributed by atoms with Gasteiger partial charge < -0.3 is 15.7 Å². The summed E-state index contributed by atoms with van der Waals surface area (Å²) in [5.41, 5.74) is -1.28. The number of carbonyl (C=O) groups is 3. The Morgan fingerprint density at radius 2 is 1.78 bits per heavy atom. The lowest BCUT2D eigenvalue weighted by atomic mass is 9.92. The van der Waals surface area contributed by atoms with E-state index in [4.69, 9.17) is 0 Å². The Hall–Kier alpha value is -3.49. The van der Waals surface area contributed by atoms with Gasteiger partial charge in [0.2, 0.25) is 5.91 Å². The van der Waals surface area contributed by atoms with Crippen molar-refractivity contribution in [3.05, 3.63) is 59.7 Å². The molecule has 1 fully saturated rings. The van der Waals surface area contributed by atoms with E-state index in [2.05, 4.69) is 10.6 Å². The van der Waals surface area contributed by atoms with E-state index in [1.807, 2.05) is 0 Å². The van der Waals surface area contributed by atoms with Gasteiger partial charge in [0.25, 0.3) is 5.91 Å². The first-order valence-corrected chi connectivity index (χ1v) is 7.89. The number of hydrogen-bond donors (Lipinski definition) is 3. The Morgan fingerprint density at radius 3 is 2.44 bits per heavy atom. The summed E-state index contributed by atoms with van der Waals surface area (Å²) in [6, 6.07) is 7.21. The van der Waals surface area contributed by atoms with E-state index in [-0.39, 0.29) is 11.4 Å². The maximum Gasteiger partial charge on any atom is 0.325 e. The fraction of sp³-hybridized carbons (Fsp3) is 0.167. The number of phenols is 1. The van der Waals surface area contributed by atoms with Crippen LogP contribution in [0.15, 0.2) is 42.5 Å². The Balaban J connectivity index is 1.76. The molecule has 4 amide bonds. The first kappa shape index (κ1) is 18.3. The number of halogens is 2. The molecule has 140 valence electrons. The van der Waals surface area contributed by atoms with Gasteiger partial charge in [0, 0.05) is 6.07 Å². The van der Waals surface area contributed by atoms with Gasteiger partial charge >= 0.3 is 6.03 Å². The van der Waals surface area contributed by atoms with Gasteiger partial charge in [0.1, 0.15) is 29.5 Å². The lowest BCUT2D eigenvalue weighted by molar-refractivity contribution is -0.133. The molecule has 2 aromatic carbocycles. The van der Waals surface area contributed by atoms with Crippen molar-refractivity contribution >= 4 is 23.5 Å². The molecule has 1 atom stereocenters. The van der Waals surface area contributed by atoms with Crippen molar-refractivity contribution in [3.63, 3.8) is 0 Å². The minimum absolute atomic E-state index is 0.187. The topological polar surface area (TPSA) is 98.7 Å². The average Bonchev–Trinajstić information content (AvgIpc) is 2.83. The molecule has 0 aromatic heterocycles. The van der Waals surface area contributed by atoms with Crippen molar-refractivity contribution in [2.75, 3.05) is 11.9 Å². The number of imide groups is 1. The standard InChI is InChI=1S/C18H15F2N3O4/c1-18(10-2-4-11(19)5-3-10)16(26)23(17(27)22-18)9-15(25)21-13-8-12(20)6-7-14(13)24/h2-8,24H,9H2,1H3,(H,21,25)(H,22,27). The van der Waals surface area contributed by atoms with E-state index < -0.39 is 41.6 Å². The molecule has 1 aliphatic rings. The molecule has 27 heavy (non-hydrogen) atoms. The molecule has 0 saturated carbocycles. The third-order valence-corrected chi connectivity index (χ3v) is 4.23. The predicted molar refractivity (Wildman–Crippen MR) is 90.7 cm³/mol. The van der Waals surface area contributed by atoms with Crippen molar-refractivity contribution < 1.29 is 28.3 Å². The van der Waals surface area contributed by atoms with E-state index in [1.54, 1.807) is 0 Å². The number of benzene rings is 2. The number of hydrogen-bond acceptors (Lipinski definition) is 4. The van der Waals surface area contributed by atoms with Crippen molar-refractivity contribution in [1.82, 2.24) is 10.2 Å². The molecular weight excluding hydrogens is 360 g/mol. The molecule has 1 aliphatic heterocycles. The number of nitrogens with zero attached hydrogens (tertiary/aromatic N) is 1. The summed E-state index contributed by atoms with van der Waals surface area (Å²) in [5.74, 6) is -3.04. The van der Waals surface area contributed by atoms with Gasteiger partial charge in [-0.3, -0.25) is 14.5 Å². The van der Waals surface area contributed by atoms with Crippen LogP contribution >= 0.6 is 0 Å². The van der Waals surface area contributed by atoms with Crippen LogP contribution in [0.2, 0.25) is 0 Å². The fourth-order valence-corrected chi connectivity index (χ4v) is 2.76. The molecule has 3 rings (SSSR count). The molecule has 0 spiro atoms. The summed E-state index contributed by atoms with van der Waals surface area (Å²) < 4.78 is 26.3. The Morgan fingerprint density at radius 1 is 1.15 bits per heavy atom. The third kappa shape index (κ3) is 3.43. The second-order valence-corrected chi connectivity index (χ2v) is 6.16. The van der Waals surface area contributed by atoms with Gasteiger partial charge in [0.15, 0.2) is 0 Å². The van der Waals surface area contributed by atoms with E-state index in [1.165, 1.54) is 19.1 Å². The van der Waals surface area contributed by atoms with Crippen molar-refractivity contribution in [1.29, 1.82) is 0 Å². The van der Waals surface area contributed by atoms with Crippen LogP contribution in [-0.4, -0.2) is 34.4 Å². The predicted octanol–water partition coefficient (Wildman–Crippen LogP) is 2.08. The van der Waals surface area contributed by atoms with E-state index in [0.717, 1.165) is 30.3 Å². The van der Waals surface area contributed by atoms with Crippen LogP contribution < -0.4 is 10.6 Å². The highest BCUT2D eigenvalue weighted by Gasteiger charge is 2.49. The summed E-state index contributed by atoms with van der Waals surface area (Å²) in [5, 5.41) is 14.4. The van der Waals surface area contributed by atoms with Crippen LogP contribution in [0.25, 0.3) is 0 Å². The normalized spacial score (nSPS) is 19.1. The zero-order chi connectivity index (χ0) is 19.8. The van der Waals surface area contributed by atoms with Crippen molar-refractivity contribution in [3.8, 4) is 5.75 Å².